The lowest BCUT2D eigenvalue weighted by atomic mass is 9.90. The van der Waals surface area contributed by atoms with Crippen LogP contribution in [0.3, 0.4) is 0 Å². The predicted octanol–water partition coefficient (Wildman–Crippen LogP) is 3.41. The number of phenolic OH excluding ortho intramolecular Hbond substituents is 4. The summed E-state index contributed by atoms with van der Waals surface area (Å²) in [6.07, 6.45) is 1.37. The highest BCUT2D eigenvalue weighted by atomic mass is 35.5. The van der Waals surface area contributed by atoms with E-state index in [2.05, 4.69) is 21.3 Å². The molecular weight excluding hydrogens is 1010 g/mol. The Kier molecular flexibility index (Phi) is 21.9. The van der Waals surface area contributed by atoms with Crippen LogP contribution in [0, 0.1) is 0 Å². The maximum atomic E-state index is 13.6. The van der Waals surface area contributed by atoms with Gasteiger partial charge in [-0.2, -0.15) is 0 Å². The Hall–Kier alpha value is -7.37. The molecule has 7 amide bonds. The highest BCUT2D eigenvalue weighted by molar-refractivity contribution is 8.00. The Balaban J connectivity index is 0.989. The molecule has 22 nitrogen and oxygen atoms in total. The van der Waals surface area contributed by atoms with Crippen LogP contribution in [0.25, 0.3) is 0 Å². The number of nitrogens with one attached hydrogen (secondary N) is 4. The Bertz CT molecular complexity index is 2590. The van der Waals surface area contributed by atoms with Gasteiger partial charge in [0, 0.05) is 77.1 Å². The number of carboxylic acids is 1. The van der Waals surface area contributed by atoms with Gasteiger partial charge in [-0.15, -0.1) is 11.8 Å². The number of aromatic hydroxyl groups is 4. The number of carbonyl (C=O) groups is 9. The quantitative estimate of drug-likeness (QED) is 0.0157. The number of β-lactam (4-membered cyclic amide) rings is 1. The fourth-order valence-corrected chi connectivity index (χ4v) is 9.60. The molecule has 0 saturated carbocycles. The zero-order chi connectivity index (χ0) is 53.9. The average Bonchev–Trinajstić information content (AvgIpc) is 3.38. The minimum Gasteiger partial charge on any atom is -0.504 e. The van der Waals surface area contributed by atoms with Crippen molar-refractivity contribution in [1.29, 1.82) is 0 Å². The van der Waals surface area contributed by atoms with Crippen molar-refractivity contribution in [2.75, 3.05) is 45.0 Å². The number of amides is 7. The van der Waals surface area contributed by atoms with Crippen LogP contribution < -0.4 is 21.3 Å². The third-order valence-corrected chi connectivity index (χ3v) is 13.9. The van der Waals surface area contributed by atoms with Crippen LogP contribution in [0.5, 0.6) is 23.0 Å². The molecule has 10 N–H and O–H groups in total. The topological polar surface area (TPSA) is 333 Å². The summed E-state index contributed by atoms with van der Waals surface area (Å²) in [6, 6.07) is 15.3. The molecule has 3 atom stereocenters. The minimum atomic E-state index is -1.37. The van der Waals surface area contributed by atoms with Crippen LogP contribution in [0.2, 0.25) is 0 Å². The van der Waals surface area contributed by atoms with Crippen molar-refractivity contribution in [2.45, 2.75) is 88.0 Å². The Morgan fingerprint density at radius 2 is 1.24 bits per heavy atom. The first-order valence-corrected chi connectivity index (χ1v) is 25.4. The van der Waals surface area contributed by atoms with Crippen molar-refractivity contribution in [3.05, 3.63) is 94.1 Å². The molecule has 2 aliphatic rings. The van der Waals surface area contributed by atoms with E-state index in [0.29, 0.717) is 49.2 Å². The fourth-order valence-electron chi connectivity index (χ4n) is 8.05. The van der Waals surface area contributed by atoms with Gasteiger partial charge in [0.2, 0.25) is 23.6 Å². The fraction of sp³-hybridized carbons (Fsp3) is 0.420. The molecule has 5 rings (SSSR count). The lowest BCUT2D eigenvalue weighted by Crippen LogP contribution is -2.70. The Morgan fingerprint density at radius 1 is 0.676 bits per heavy atom. The first kappa shape index (κ1) is 57.5. The maximum Gasteiger partial charge on any atom is 0.353 e. The number of hydrogen-bond acceptors (Lipinski definition) is 15. The zero-order valence-electron chi connectivity index (χ0n) is 40.3. The van der Waals surface area contributed by atoms with Crippen LogP contribution in [-0.4, -0.2) is 155 Å². The lowest BCUT2D eigenvalue weighted by molar-refractivity contribution is -0.166. The smallest absolute Gasteiger partial charge is 0.353 e. The second kappa shape index (κ2) is 28.2. The number of benzene rings is 3. The monoisotopic (exact) mass is 1070 g/mol. The van der Waals surface area contributed by atoms with Gasteiger partial charge in [-0.3, -0.25) is 48.5 Å². The molecule has 3 aromatic carbocycles. The number of hydrogen-bond donors (Lipinski definition) is 10. The van der Waals surface area contributed by atoms with Crippen LogP contribution in [-0.2, 0) is 33.6 Å². The Morgan fingerprint density at radius 3 is 1.88 bits per heavy atom. The zero-order valence-corrected chi connectivity index (χ0v) is 41.9. The molecule has 0 bridgehead atoms. The summed E-state index contributed by atoms with van der Waals surface area (Å²) in [5.74, 6) is -8.62. The molecule has 0 aromatic heterocycles. The van der Waals surface area contributed by atoms with Gasteiger partial charge in [0.25, 0.3) is 17.7 Å². The van der Waals surface area contributed by atoms with Gasteiger partial charge in [0.1, 0.15) is 22.9 Å². The molecule has 74 heavy (non-hydrogen) atoms. The van der Waals surface area contributed by atoms with E-state index in [1.165, 1.54) is 53.1 Å². The van der Waals surface area contributed by atoms with Gasteiger partial charge in [-0.1, -0.05) is 54.1 Å². The molecule has 0 aliphatic carbocycles. The van der Waals surface area contributed by atoms with Crippen molar-refractivity contribution < 1.29 is 73.9 Å². The molecular formula is C50H60ClN7O15S. The summed E-state index contributed by atoms with van der Waals surface area (Å²) in [6.45, 7) is 0.960. The van der Waals surface area contributed by atoms with E-state index in [1.807, 2.05) is 0 Å². The van der Waals surface area contributed by atoms with Gasteiger partial charge in [0.15, 0.2) is 23.0 Å². The molecule has 0 spiro atoms. The van der Waals surface area contributed by atoms with E-state index >= 15 is 0 Å². The van der Waals surface area contributed by atoms with E-state index in [-0.39, 0.29) is 111 Å². The number of ketones is 1. The third-order valence-electron chi connectivity index (χ3n) is 12.1. The molecule has 3 aromatic rings. The number of carboxylic acid groups (broad SMARTS) is 1. The van der Waals surface area contributed by atoms with Crippen molar-refractivity contribution in [3.63, 3.8) is 0 Å². The molecule has 0 radical (unpaired) electrons. The van der Waals surface area contributed by atoms with E-state index in [4.69, 9.17) is 11.6 Å². The van der Waals surface area contributed by atoms with Crippen molar-refractivity contribution in [1.82, 2.24) is 36.1 Å². The number of rotatable bonds is 29. The first-order chi connectivity index (χ1) is 35.4. The maximum absolute atomic E-state index is 13.6. The van der Waals surface area contributed by atoms with Gasteiger partial charge < -0.3 is 51.7 Å². The van der Waals surface area contributed by atoms with E-state index in [1.54, 1.807) is 30.3 Å². The molecule has 1 saturated heterocycles. The van der Waals surface area contributed by atoms with Crippen molar-refractivity contribution in [3.8, 4) is 23.0 Å². The largest absolute Gasteiger partial charge is 0.504 e. The number of unbranched alkanes of at least 4 members (excludes halogenated alkanes) is 3. The van der Waals surface area contributed by atoms with Gasteiger partial charge in [-0.25, -0.2) is 9.86 Å². The summed E-state index contributed by atoms with van der Waals surface area (Å²) >= 11 is 7.25. The summed E-state index contributed by atoms with van der Waals surface area (Å²) in [4.78, 5) is 118. The number of phenols is 4. The lowest BCUT2D eigenvalue weighted by Gasteiger charge is -2.49. The normalized spacial score (nSPS) is 15.2. The average molecular weight is 1070 g/mol. The molecule has 1 unspecified atom stereocenters. The number of fused-ring (bicyclic) bond motifs is 1. The molecule has 1 fully saturated rings. The van der Waals surface area contributed by atoms with Crippen LogP contribution in [0.15, 0.2) is 77.5 Å². The van der Waals surface area contributed by atoms with Crippen LogP contribution in [0.4, 0.5) is 0 Å². The first-order valence-electron chi connectivity index (χ1n) is 23.9. The summed E-state index contributed by atoms with van der Waals surface area (Å²) in [7, 11) is 0. The van der Waals surface area contributed by atoms with Crippen molar-refractivity contribution >= 4 is 76.5 Å². The molecule has 2 heterocycles. The van der Waals surface area contributed by atoms with E-state index in [0.717, 1.165) is 4.90 Å². The number of Topliss-reactive ketones (excluding diaryl/α,β-unsaturated/α-hetero) is 1. The second-order valence-corrected chi connectivity index (χ2v) is 18.9. The third kappa shape index (κ3) is 16.1. The molecule has 24 heteroatoms. The number of aliphatic carboxylic acids is 1. The SMILES string of the molecule is O=C(CCC(=O)N(O)CCCCCNC(=O)CCC(=O)N(CCCCNC(=O)c1cccc(O)c1O)CCCNC(=O)c1cccc(O)c1O)C[C@@H](C(=O)N[C@@H]1C(=O)N2C(C(=O)O)=C(Cl)CSC12)c1ccccc1. The van der Waals surface area contributed by atoms with Gasteiger partial charge in [0.05, 0.1) is 22.1 Å². The van der Waals surface area contributed by atoms with Gasteiger partial charge >= 0.3 is 5.97 Å². The summed E-state index contributed by atoms with van der Waals surface area (Å²) < 4.78 is 0. The Labute approximate surface area is 435 Å². The minimum absolute atomic E-state index is 0.00845. The highest BCUT2D eigenvalue weighted by Gasteiger charge is 2.54. The number of nitrogens with zero attached hydrogens (tertiary/aromatic N) is 3. The van der Waals surface area contributed by atoms with Crippen LogP contribution in [0.1, 0.15) is 103 Å². The molecule has 398 valence electrons. The van der Waals surface area contributed by atoms with Crippen molar-refractivity contribution in [2.24, 2.45) is 0 Å². The standard InChI is InChI=1S/C50H60ClN7O15S/c51-35-29-74-49-41(48(70)58(49)42(35)50(71)72)55-47(69)34(30-12-3-1-4-13-30)28-31(59)18-20-40(64)57(73)27-7-2-5-22-52-38(62)19-21-39(63)56(26-11-24-54-46(68)33-15-10-17-37(61)44(33)66)25-8-6-23-53-45(67)32-14-9-16-36(60)43(32)65/h1,3-4,9-10,12-17,34,41,49,60-61,65-66,73H,2,5-8,11,18-29H2,(H,52,62)(H,53,67)(H,54,68)(H,55,69)(H,71,72)/t34-,41-,49?/m1/s1. The van der Waals surface area contributed by atoms with Gasteiger partial charge in [-0.05, 0) is 68.4 Å². The molecule has 2 aliphatic heterocycles. The highest BCUT2D eigenvalue weighted by Crippen LogP contribution is 2.41. The second-order valence-electron chi connectivity index (χ2n) is 17.4. The number of carbonyl (C=O) groups excluding carboxylic acids is 8. The number of halogens is 1. The van der Waals surface area contributed by atoms with Crippen LogP contribution >= 0.6 is 23.4 Å². The van der Waals surface area contributed by atoms with E-state index < -0.39 is 81.6 Å². The summed E-state index contributed by atoms with van der Waals surface area (Å²) in [5.41, 5.74) is -0.0688. The summed E-state index contributed by atoms with van der Waals surface area (Å²) in [5, 5.41) is 69.9. The number of hydroxylamine groups is 2. The number of para-hydroxylation sites is 2. The van der Waals surface area contributed by atoms with E-state index in [9.17, 15) is 73.9 Å². The predicted molar refractivity (Wildman–Crippen MR) is 268 cm³/mol. The number of thioether (sulfide) groups is 1.